The third-order valence-corrected chi connectivity index (χ3v) is 2.63. The van der Waals surface area contributed by atoms with Crippen LogP contribution in [0.1, 0.15) is 27.7 Å². The van der Waals surface area contributed by atoms with E-state index in [2.05, 4.69) is 18.7 Å². The maximum atomic E-state index is 13.7. The zero-order chi connectivity index (χ0) is 9.35. The van der Waals surface area contributed by atoms with Crippen LogP contribution in [-0.4, -0.2) is 30.2 Å². The number of hydrogen-bond donors (Lipinski definition) is 0. The number of halogens is 1. The van der Waals surface area contributed by atoms with Crippen LogP contribution in [0.15, 0.2) is 0 Å². The number of hydrogen-bond acceptors (Lipinski definition) is 1. The highest BCUT2D eigenvalue weighted by atomic mass is 19.1. The van der Waals surface area contributed by atoms with Gasteiger partial charge in [0.2, 0.25) is 0 Å². The van der Waals surface area contributed by atoms with Crippen LogP contribution in [0.4, 0.5) is 4.39 Å². The van der Waals surface area contributed by atoms with E-state index in [0.717, 1.165) is 6.54 Å². The molecule has 0 amide bonds. The van der Waals surface area contributed by atoms with Crippen molar-refractivity contribution in [3.05, 3.63) is 0 Å². The summed E-state index contributed by atoms with van der Waals surface area (Å²) in [5, 5.41) is 0. The molecule has 0 bridgehead atoms. The fraction of sp³-hybridized carbons (Fsp3) is 1.00. The predicted octanol–water partition coefficient (Wildman–Crippen LogP) is 2.32. The molecule has 1 rings (SSSR count). The molecular weight excluding hydrogens is 153 g/mol. The topological polar surface area (TPSA) is 3.24 Å². The van der Waals surface area contributed by atoms with Gasteiger partial charge in [-0.15, -0.1) is 0 Å². The van der Waals surface area contributed by atoms with Crippen molar-refractivity contribution in [1.29, 1.82) is 0 Å². The van der Waals surface area contributed by atoms with E-state index < -0.39 is 5.67 Å². The molecule has 0 saturated carbocycles. The molecule has 1 heterocycles. The minimum Gasteiger partial charge on any atom is -0.297 e. The van der Waals surface area contributed by atoms with E-state index in [0.29, 0.717) is 19.0 Å². The van der Waals surface area contributed by atoms with Crippen molar-refractivity contribution in [2.24, 2.45) is 11.8 Å². The molecular formula is C10H20FN. The average molecular weight is 173 g/mol. The smallest absolute Gasteiger partial charge is 0.138 e. The number of rotatable bonds is 3. The van der Waals surface area contributed by atoms with Gasteiger partial charge in [0.1, 0.15) is 5.67 Å². The monoisotopic (exact) mass is 173 g/mol. The van der Waals surface area contributed by atoms with Crippen LogP contribution < -0.4 is 0 Å². The Morgan fingerprint density at radius 3 is 2.08 bits per heavy atom. The van der Waals surface area contributed by atoms with Gasteiger partial charge in [0.05, 0.1) is 0 Å². The summed E-state index contributed by atoms with van der Waals surface area (Å²) in [5.74, 6) is 0.822. The van der Waals surface area contributed by atoms with Gasteiger partial charge in [-0.05, 0) is 11.8 Å². The van der Waals surface area contributed by atoms with E-state index in [1.165, 1.54) is 0 Å². The fourth-order valence-corrected chi connectivity index (χ4v) is 1.71. The molecule has 2 heteroatoms. The van der Waals surface area contributed by atoms with Gasteiger partial charge < -0.3 is 0 Å². The van der Waals surface area contributed by atoms with Crippen LogP contribution in [0, 0.1) is 11.8 Å². The molecule has 1 nitrogen and oxygen atoms in total. The second-order valence-corrected chi connectivity index (χ2v) is 4.75. The third-order valence-electron chi connectivity index (χ3n) is 2.63. The molecule has 1 fully saturated rings. The molecule has 0 unspecified atom stereocenters. The first kappa shape index (κ1) is 9.97. The molecule has 0 aromatic heterocycles. The second-order valence-electron chi connectivity index (χ2n) is 4.75. The molecule has 0 spiro atoms. The lowest BCUT2D eigenvalue weighted by atomic mass is 9.84. The minimum atomic E-state index is -0.894. The van der Waals surface area contributed by atoms with Gasteiger partial charge >= 0.3 is 0 Å². The number of likely N-dealkylation sites (tertiary alicyclic amines) is 1. The van der Waals surface area contributed by atoms with E-state index in [-0.39, 0.29) is 5.92 Å². The van der Waals surface area contributed by atoms with E-state index in [1.54, 1.807) is 0 Å². The Kier molecular flexibility index (Phi) is 2.77. The van der Waals surface area contributed by atoms with Crippen molar-refractivity contribution in [3.8, 4) is 0 Å². The number of nitrogens with zero attached hydrogens (tertiary/aromatic N) is 1. The second kappa shape index (κ2) is 3.33. The zero-order valence-electron chi connectivity index (χ0n) is 8.60. The van der Waals surface area contributed by atoms with E-state index in [1.807, 2.05) is 13.8 Å². The highest BCUT2D eigenvalue weighted by Crippen LogP contribution is 2.32. The highest BCUT2D eigenvalue weighted by molar-refractivity contribution is 4.98. The third kappa shape index (κ3) is 1.98. The Hall–Kier alpha value is -0.110. The molecule has 0 aromatic rings. The SMILES string of the molecule is CC(C)CN1CC(F)(C(C)C)C1. The molecule has 1 saturated heterocycles. The van der Waals surface area contributed by atoms with Crippen molar-refractivity contribution in [1.82, 2.24) is 4.90 Å². The Morgan fingerprint density at radius 2 is 1.75 bits per heavy atom. The first-order valence-electron chi connectivity index (χ1n) is 4.85. The molecule has 0 aromatic carbocycles. The van der Waals surface area contributed by atoms with Crippen molar-refractivity contribution in [2.45, 2.75) is 33.4 Å². The largest absolute Gasteiger partial charge is 0.297 e. The van der Waals surface area contributed by atoms with E-state index in [4.69, 9.17) is 0 Å². The summed E-state index contributed by atoms with van der Waals surface area (Å²) in [6.07, 6.45) is 0. The molecule has 0 atom stereocenters. The fourth-order valence-electron chi connectivity index (χ4n) is 1.71. The Labute approximate surface area is 74.9 Å². The van der Waals surface area contributed by atoms with Crippen molar-refractivity contribution in [3.63, 3.8) is 0 Å². The highest BCUT2D eigenvalue weighted by Gasteiger charge is 2.45. The first-order valence-corrected chi connectivity index (χ1v) is 4.85. The molecule has 1 aliphatic rings. The maximum Gasteiger partial charge on any atom is 0.138 e. The quantitative estimate of drug-likeness (QED) is 0.633. The van der Waals surface area contributed by atoms with Crippen LogP contribution in [-0.2, 0) is 0 Å². The van der Waals surface area contributed by atoms with Gasteiger partial charge in [0.25, 0.3) is 0 Å². The van der Waals surface area contributed by atoms with Crippen LogP contribution in [0.2, 0.25) is 0 Å². The molecule has 0 aliphatic carbocycles. The van der Waals surface area contributed by atoms with Gasteiger partial charge in [0, 0.05) is 19.6 Å². The number of alkyl halides is 1. The summed E-state index contributed by atoms with van der Waals surface area (Å²) in [7, 11) is 0. The molecule has 12 heavy (non-hydrogen) atoms. The normalized spacial score (nSPS) is 23.2. The van der Waals surface area contributed by atoms with Crippen molar-refractivity contribution >= 4 is 0 Å². The Balaban J connectivity index is 2.27. The predicted molar refractivity (Wildman–Crippen MR) is 50.0 cm³/mol. The minimum absolute atomic E-state index is 0.168. The van der Waals surface area contributed by atoms with E-state index >= 15 is 0 Å². The Morgan fingerprint density at radius 1 is 1.25 bits per heavy atom. The summed E-state index contributed by atoms with van der Waals surface area (Å²) in [4.78, 5) is 2.20. The molecule has 0 N–H and O–H groups in total. The van der Waals surface area contributed by atoms with E-state index in [9.17, 15) is 4.39 Å². The molecule has 1 aliphatic heterocycles. The Bertz CT molecular complexity index is 148. The molecule has 0 radical (unpaired) electrons. The summed E-state index contributed by atoms with van der Waals surface area (Å²) in [5.41, 5.74) is -0.894. The summed E-state index contributed by atoms with van der Waals surface area (Å²) < 4.78 is 13.7. The van der Waals surface area contributed by atoms with Gasteiger partial charge in [-0.25, -0.2) is 4.39 Å². The van der Waals surface area contributed by atoms with Crippen LogP contribution >= 0.6 is 0 Å². The lowest BCUT2D eigenvalue weighted by molar-refractivity contribution is -0.0687. The average Bonchev–Trinajstić information content (AvgIpc) is 1.82. The van der Waals surface area contributed by atoms with Crippen LogP contribution in [0.5, 0.6) is 0 Å². The zero-order valence-corrected chi connectivity index (χ0v) is 8.60. The van der Waals surface area contributed by atoms with Gasteiger partial charge in [-0.2, -0.15) is 0 Å². The lowest BCUT2D eigenvalue weighted by Crippen LogP contribution is -2.62. The van der Waals surface area contributed by atoms with Crippen LogP contribution in [0.25, 0.3) is 0 Å². The summed E-state index contributed by atoms with van der Waals surface area (Å²) >= 11 is 0. The summed E-state index contributed by atoms with van der Waals surface area (Å²) in [6.45, 7) is 10.6. The van der Waals surface area contributed by atoms with Gasteiger partial charge in [-0.3, -0.25) is 4.90 Å². The van der Waals surface area contributed by atoms with Crippen molar-refractivity contribution in [2.75, 3.05) is 19.6 Å². The standard InChI is InChI=1S/C10H20FN/c1-8(2)5-12-6-10(11,7-12)9(3)4/h8-9H,5-7H2,1-4H3. The van der Waals surface area contributed by atoms with Gasteiger partial charge in [0.15, 0.2) is 0 Å². The lowest BCUT2D eigenvalue weighted by Gasteiger charge is -2.47. The molecule has 72 valence electrons. The van der Waals surface area contributed by atoms with Crippen molar-refractivity contribution < 1.29 is 4.39 Å². The van der Waals surface area contributed by atoms with Gasteiger partial charge in [-0.1, -0.05) is 27.7 Å². The van der Waals surface area contributed by atoms with Crippen LogP contribution in [0.3, 0.4) is 0 Å². The summed E-state index contributed by atoms with van der Waals surface area (Å²) in [6, 6.07) is 0. The maximum absolute atomic E-state index is 13.7. The first-order chi connectivity index (χ1) is 5.44.